The number of carbonyl (C=O) groups is 1. The average molecular weight is 444 g/mol. The molecule has 3 rings (SSSR count). The second kappa shape index (κ2) is 7.06. The SMILES string of the molecule is CC(C)(C)OC(=O)N1CCC(O)(Cn2ccc3cc(Cl)cc(Br)c32)CC1. The number of carbonyl (C=O) groups excluding carboxylic acids is 1. The zero-order valence-corrected chi connectivity index (χ0v) is 17.6. The lowest BCUT2D eigenvalue weighted by Gasteiger charge is -2.39. The van der Waals surface area contributed by atoms with Crippen molar-refractivity contribution in [2.24, 2.45) is 0 Å². The Balaban J connectivity index is 1.70. The van der Waals surface area contributed by atoms with Crippen molar-refractivity contribution in [3.8, 4) is 0 Å². The van der Waals surface area contributed by atoms with E-state index in [1.165, 1.54) is 0 Å². The van der Waals surface area contributed by atoms with Gasteiger partial charge in [-0.3, -0.25) is 0 Å². The van der Waals surface area contributed by atoms with Gasteiger partial charge in [-0.15, -0.1) is 0 Å². The van der Waals surface area contributed by atoms with Crippen LogP contribution >= 0.6 is 27.5 Å². The fourth-order valence-electron chi connectivity index (χ4n) is 3.30. The summed E-state index contributed by atoms with van der Waals surface area (Å²) in [5.74, 6) is 0. The first-order chi connectivity index (χ1) is 12.1. The average Bonchev–Trinajstić information content (AvgIpc) is 2.88. The molecule has 5 nitrogen and oxygen atoms in total. The summed E-state index contributed by atoms with van der Waals surface area (Å²) >= 11 is 9.67. The van der Waals surface area contributed by atoms with Gasteiger partial charge in [0, 0.05) is 34.2 Å². The van der Waals surface area contributed by atoms with Crippen LogP contribution in [0.3, 0.4) is 0 Å². The van der Waals surface area contributed by atoms with Gasteiger partial charge in [0.2, 0.25) is 0 Å². The maximum absolute atomic E-state index is 12.2. The van der Waals surface area contributed by atoms with Crippen LogP contribution in [0.2, 0.25) is 5.02 Å². The minimum Gasteiger partial charge on any atom is -0.444 e. The first kappa shape index (κ1) is 19.5. The Bertz CT molecular complexity index is 820. The van der Waals surface area contributed by atoms with Crippen LogP contribution in [0.25, 0.3) is 10.9 Å². The van der Waals surface area contributed by atoms with E-state index in [4.69, 9.17) is 16.3 Å². The second-order valence-corrected chi connectivity index (χ2v) is 9.25. The molecule has 1 aromatic heterocycles. The van der Waals surface area contributed by atoms with E-state index in [1.54, 1.807) is 4.90 Å². The number of hydrogen-bond donors (Lipinski definition) is 1. The van der Waals surface area contributed by atoms with Gasteiger partial charge in [-0.05, 0) is 67.7 Å². The molecule has 0 saturated carbocycles. The fourth-order valence-corrected chi connectivity index (χ4v) is 4.36. The van der Waals surface area contributed by atoms with Crippen molar-refractivity contribution in [1.82, 2.24) is 9.47 Å². The van der Waals surface area contributed by atoms with Crippen molar-refractivity contribution in [2.45, 2.75) is 51.4 Å². The Hall–Kier alpha value is -1.24. The molecule has 0 bridgehead atoms. The molecule has 1 aliphatic heterocycles. The van der Waals surface area contributed by atoms with Gasteiger partial charge in [0.05, 0.1) is 17.7 Å². The van der Waals surface area contributed by atoms with Crippen molar-refractivity contribution >= 4 is 44.5 Å². The molecular formula is C19H24BrClN2O3. The summed E-state index contributed by atoms with van der Waals surface area (Å²) in [4.78, 5) is 13.9. The van der Waals surface area contributed by atoms with Gasteiger partial charge in [-0.2, -0.15) is 0 Å². The van der Waals surface area contributed by atoms with Gasteiger partial charge in [-0.25, -0.2) is 4.79 Å². The molecular weight excluding hydrogens is 420 g/mol. The predicted molar refractivity (Wildman–Crippen MR) is 107 cm³/mol. The Morgan fingerprint density at radius 3 is 2.62 bits per heavy atom. The van der Waals surface area contributed by atoms with Gasteiger partial charge in [0.25, 0.3) is 0 Å². The molecule has 0 atom stereocenters. The molecule has 2 heterocycles. The molecule has 0 radical (unpaired) electrons. The highest BCUT2D eigenvalue weighted by molar-refractivity contribution is 9.10. The molecule has 1 aromatic carbocycles. The van der Waals surface area contributed by atoms with Crippen LogP contribution in [0.5, 0.6) is 0 Å². The van der Waals surface area contributed by atoms with Gasteiger partial charge >= 0.3 is 6.09 Å². The summed E-state index contributed by atoms with van der Waals surface area (Å²) in [6.07, 6.45) is 2.67. The number of benzene rings is 1. The summed E-state index contributed by atoms with van der Waals surface area (Å²) in [7, 11) is 0. The Morgan fingerprint density at radius 1 is 1.35 bits per heavy atom. The number of hydrogen-bond acceptors (Lipinski definition) is 3. The summed E-state index contributed by atoms with van der Waals surface area (Å²) in [6, 6.07) is 5.76. The lowest BCUT2D eigenvalue weighted by molar-refractivity contribution is -0.0407. The zero-order valence-electron chi connectivity index (χ0n) is 15.3. The number of piperidine rings is 1. The number of aromatic nitrogens is 1. The Kier molecular flexibility index (Phi) is 5.30. The van der Waals surface area contributed by atoms with Crippen LogP contribution < -0.4 is 0 Å². The van der Waals surface area contributed by atoms with Crippen LogP contribution in [0, 0.1) is 0 Å². The smallest absolute Gasteiger partial charge is 0.410 e. The minimum absolute atomic E-state index is 0.316. The van der Waals surface area contributed by atoms with Crippen molar-refractivity contribution in [1.29, 1.82) is 0 Å². The maximum Gasteiger partial charge on any atom is 0.410 e. The van der Waals surface area contributed by atoms with Crippen molar-refractivity contribution in [2.75, 3.05) is 13.1 Å². The van der Waals surface area contributed by atoms with Gasteiger partial charge in [0.1, 0.15) is 5.60 Å². The van der Waals surface area contributed by atoms with Crippen molar-refractivity contribution < 1.29 is 14.6 Å². The number of amides is 1. The Morgan fingerprint density at radius 2 is 2.00 bits per heavy atom. The third-order valence-corrected chi connectivity index (χ3v) is 5.41. The summed E-state index contributed by atoms with van der Waals surface area (Å²) in [5.41, 5.74) is -0.358. The lowest BCUT2D eigenvalue weighted by Crippen LogP contribution is -2.49. The molecule has 2 aromatic rings. The van der Waals surface area contributed by atoms with Crippen LogP contribution in [0.4, 0.5) is 4.79 Å². The molecule has 1 amide bonds. The monoisotopic (exact) mass is 442 g/mol. The Labute approximate surface area is 167 Å². The molecule has 1 saturated heterocycles. The molecule has 142 valence electrons. The molecule has 0 spiro atoms. The third kappa shape index (κ3) is 4.35. The summed E-state index contributed by atoms with van der Waals surface area (Å²) in [5, 5.41) is 12.7. The summed E-state index contributed by atoms with van der Waals surface area (Å²) < 4.78 is 8.36. The first-order valence-corrected chi connectivity index (χ1v) is 9.88. The number of fused-ring (bicyclic) bond motifs is 1. The number of likely N-dealkylation sites (tertiary alicyclic amines) is 1. The fraction of sp³-hybridized carbons (Fsp3) is 0.526. The quantitative estimate of drug-likeness (QED) is 0.724. The number of aliphatic hydroxyl groups is 1. The van der Waals surface area contributed by atoms with E-state index in [9.17, 15) is 9.90 Å². The number of nitrogens with zero attached hydrogens (tertiary/aromatic N) is 2. The van der Waals surface area contributed by atoms with E-state index in [0.717, 1.165) is 15.4 Å². The third-order valence-electron chi connectivity index (χ3n) is 4.59. The van der Waals surface area contributed by atoms with Crippen molar-refractivity contribution in [3.63, 3.8) is 0 Å². The minimum atomic E-state index is -0.858. The normalized spacial score (nSPS) is 17.5. The predicted octanol–water partition coefficient (Wildman–Crippen LogP) is 4.82. The van der Waals surface area contributed by atoms with Crippen LogP contribution in [-0.2, 0) is 11.3 Å². The van der Waals surface area contributed by atoms with E-state index >= 15 is 0 Å². The highest BCUT2D eigenvalue weighted by Gasteiger charge is 2.36. The van der Waals surface area contributed by atoms with Gasteiger partial charge in [0.15, 0.2) is 0 Å². The molecule has 0 aliphatic carbocycles. The van der Waals surface area contributed by atoms with E-state index in [1.807, 2.05) is 49.7 Å². The number of rotatable bonds is 2. The number of halogens is 2. The molecule has 0 unspecified atom stereocenters. The summed E-state index contributed by atoms with van der Waals surface area (Å²) in [6.45, 7) is 7.00. The van der Waals surface area contributed by atoms with Crippen LogP contribution in [-0.4, -0.2) is 45.0 Å². The molecule has 26 heavy (non-hydrogen) atoms. The highest BCUT2D eigenvalue weighted by atomic mass is 79.9. The highest BCUT2D eigenvalue weighted by Crippen LogP contribution is 2.32. The van der Waals surface area contributed by atoms with Crippen LogP contribution in [0.1, 0.15) is 33.6 Å². The van der Waals surface area contributed by atoms with Crippen molar-refractivity contribution in [3.05, 3.63) is 33.9 Å². The van der Waals surface area contributed by atoms with E-state index < -0.39 is 11.2 Å². The lowest BCUT2D eigenvalue weighted by atomic mass is 9.91. The molecule has 1 fully saturated rings. The zero-order chi connectivity index (χ0) is 19.1. The van der Waals surface area contributed by atoms with Gasteiger partial charge < -0.3 is 19.3 Å². The van der Waals surface area contributed by atoms with E-state index in [2.05, 4.69) is 15.9 Å². The first-order valence-electron chi connectivity index (χ1n) is 8.71. The molecule has 1 N–H and O–H groups in total. The maximum atomic E-state index is 12.2. The largest absolute Gasteiger partial charge is 0.444 e. The van der Waals surface area contributed by atoms with E-state index in [-0.39, 0.29) is 6.09 Å². The molecule has 1 aliphatic rings. The van der Waals surface area contributed by atoms with Crippen LogP contribution in [0.15, 0.2) is 28.9 Å². The van der Waals surface area contributed by atoms with Gasteiger partial charge in [-0.1, -0.05) is 11.6 Å². The molecule has 7 heteroatoms. The standard InChI is InChI=1S/C19H24BrClN2O3/c1-18(2,3)26-17(24)22-8-5-19(25,6-9-22)12-23-7-4-13-10-14(21)11-15(20)16(13)23/h4,7,10-11,25H,5-6,8-9,12H2,1-3H3. The van der Waals surface area contributed by atoms with E-state index in [0.29, 0.717) is 37.5 Å². The topological polar surface area (TPSA) is 54.7 Å². The number of ether oxygens (including phenoxy) is 1. The second-order valence-electron chi connectivity index (χ2n) is 7.96.